The lowest BCUT2D eigenvalue weighted by atomic mass is 9.92. The Morgan fingerprint density at radius 3 is 2.23 bits per heavy atom. The van der Waals surface area contributed by atoms with Crippen molar-refractivity contribution < 1.29 is 23.7 Å². The van der Waals surface area contributed by atoms with Crippen molar-refractivity contribution in [3.05, 3.63) is 60.2 Å². The van der Waals surface area contributed by atoms with Crippen LogP contribution in [0.5, 0.6) is 11.5 Å². The van der Waals surface area contributed by atoms with E-state index in [9.17, 15) is 10.1 Å². The zero-order valence-electron chi connectivity index (χ0n) is 15.0. The molecule has 0 radical (unpaired) electrons. The van der Waals surface area contributed by atoms with Crippen molar-refractivity contribution in [3.8, 4) is 17.6 Å². The van der Waals surface area contributed by atoms with Gasteiger partial charge in [0.2, 0.25) is 5.92 Å². The van der Waals surface area contributed by atoms with Crippen LogP contribution in [0.2, 0.25) is 0 Å². The lowest BCUT2D eigenvalue weighted by Gasteiger charge is -2.35. The van der Waals surface area contributed by atoms with Crippen LogP contribution in [0, 0.1) is 17.2 Å². The van der Waals surface area contributed by atoms with E-state index in [1.54, 1.807) is 55.5 Å². The Kier molecular flexibility index (Phi) is 6.59. The van der Waals surface area contributed by atoms with Gasteiger partial charge < -0.3 is 18.9 Å². The molecule has 0 N–H and O–H groups in total. The highest BCUT2D eigenvalue weighted by molar-refractivity contribution is 5.77. The molecule has 2 aromatic rings. The van der Waals surface area contributed by atoms with Crippen LogP contribution in [-0.4, -0.2) is 26.8 Å². The van der Waals surface area contributed by atoms with Gasteiger partial charge in [0.25, 0.3) is 5.79 Å². The summed E-state index contributed by atoms with van der Waals surface area (Å²) in [7, 11) is 2.89. The Labute approximate surface area is 152 Å². The fourth-order valence-corrected chi connectivity index (χ4v) is 2.62. The number of carbonyl (C=O) groups is 1. The molecule has 2 atom stereocenters. The van der Waals surface area contributed by atoms with Crippen molar-refractivity contribution >= 4 is 5.97 Å². The van der Waals surface area contributed by atoms with E-state index >= 15 is 0 Å². The average Bonchev–Trinajstić information content (AvgIpc) is 2.69. The summed E-state index contributed by atoms with van der Waals surface area (Å²) in [5.41, 5.74) is 0.507. The third-order valence-corrected chi connectivity index (χ3v) is 3.84. The van der Waals surface area contributed by atoms with Crippen LogP contribution >= 0.6 is 0 Å². The first-order valence-corrected chi connectivity index (χ1v) is 8.11. The molecule has 0 aliphatic rings. The molecule has 136 valence electrons. The van der Waals surface area contributed by atoms with Gasteiger partial charge in [0.15, 0.2) is 11.5 Å². The number of rotatable bonds is 8. The maximum atomic E-state index is 12.5. The van der Waals surface area contributed by atoms with Crippen LogP contribution in [0.4, 0.5) is 0 Å². The monoisotopic (exact) mass is 355 g/mol. The van der Waals surface area contributed by atoms with Crippen LogP contribution in [0.3, 0.4) is 0 Å². The van der Waals surface area contributed by atoms with Gasteiger partial charge >= 0.3 is 5.97 Å². The molecular weight excluding hydrogens is 334 g/mol. The molecule has 0 heterocycles. The Morgan fingerprint density at radius 2 is 1.69 bits per heavy atom. The van der Waals surface area contributed by atoms with Gasteiger partial charge in [-0.2, -0.15) is 5.26 Å². The van der Waals surface area contributed by atoms with E-state index in [1.165, 1.54) is 14.2 Å². The third kappa shape index (κ3) is 3.79. The van der Waals surface area contributed by atoms with E-state index in [0.717, 1.165) is 0 Å². The summed E-state index contributed by atoms with van der Waals surface area (Å²) in [5, 5.41) is 9.71. The van der Waals surface area contributed by atoms with Crippen LogP contribution in [0.15, 0.2) is 54.6 Å². The molecule has 6 nitrogen and oxygen atoms in total. The van der Waals surface area contributed by atoms with E-state index in [0.29, 0.717) is 17.1 Å². The van der Waals surface area contributed by atoms with Gasteiger partial charge in [-0.05, 0) is 19.1 Å². The highest BCUT2D eigenvalue weighted by Crippen LogP contribution is 2.40. The smallest absolute Gasteiger partial charge is 0.330 e. The number of nitrogens with zero attached hydrogens (tertiary/aromatic N) is 1. The second-order valence-corrected chi connectivity index (χ2v) is 5.30. The van der Waals surface area contributed by atoms with Crippen molar-refractivity contribution in [3.63, 3.8) is 0 Å². The molecule has 2 rings (SSSR count). The summed E-state index contributed by atoms with van der Waals surface area (Å²) in [6, 6.07) is 17.7. The van der Waals surface area contributed by atoms with E-state index in [4.69, 9.17) is 18.9 Å². The fraction of sp³-hybridized carbons (Fsp3) is 0.300. The van der Waals surface area contributed by atoms with E-state index < -0.39 is 17.7 Å². The van der Waals surface area contributed by atoms with Crippen LogP contribution in [-0.2, 0) is 20.1 Å². The summed E-state index contributed by atoms with van der Waals surface area (Å²) >= 11 is 0. The standard InChI is InChI=1S/C20H21NO5/c1-4-25-19(22)16(14-21)20(24-3,15-10-6-5-7-11-15)26-18-13-9-8-12-17(18)23-2/h5-13,16H,4H2,1-3H3. The molecule has 0 aliphatic carbocycles. The summed E-state index contributed by atoms with van der Waals surface area (Å²) in [4.78, 5) is 12.5. The summed E-state index contributed by atoms with van der Waals surface area (Å²) in [5.74, 6) is -2.98. The second kappa shape index (κ2) is 8.88. The third-order valence-electron chi connectivity index (χ3n) is 3.84. The molecule has 0 spiro atoms. The molecule has 2 aromatic carbocycles. The molecule has 0 bridgehead atoms. The maximum absolute atomic E-state index is 12.5. The minimum Gasteiger partial charge on any atom is -0.493 e. The average molecular weight is 355 g/mol. The lowest BCUT2D eigenvalue weighted by Crippen LogP contribution is -2.46. The number of esters is 1. The summed E-state index contributed by atoms with van der Waals surface area (Å²) < 4.78 is 22.1. The Bertz CT molecular complexity index is 771. The molecule has 2 unspecified atom stereocenters. The van der Waals surface area contributed by atoms with Gasteiger partial charge in [-0.1, -0.05) is 42.5 Å². The van der Waals surface area contributed by atoms with E-state index in [1.807, 2.05) is 12.1 Å². The first kappa shape index (κ1) is 19.3. The van der Waals surface area contributed by atoms with Gasteiger partial charge in [-0.25, -0.2) is 0 Å². The molecule has 0 aromatic heterocycles. The zero-order chi connectivity index (χ0) is 19.0. The van der Waals surface area contributed by atoms with E-state index in [-0.39, 0.29) is 6.61 Å². The Hall–Kier alpha value is -3.04. The molecule has 0 saturated carbocycles. The van der Waals surface area contributed by atoms with Crippen molar-refractivity contribution in [1.82, 2.24) is 0 Å². The number of methoxy groups -OCH3 is 2. The van der Waals surface area contributed by atoms with Gasteiger partial charge in [0, 0.05) is 12.7 Å². The molecule has 0 fully saturated rings. The predicted octanol–water partition coefficient (Wildman–Crippen LogP) is 3.28. The Morgan fingerprint density at radius 1 is 1.08 bits per heavy atom. The SMILES string of the molecule is CCOC(=O)C(C#N)C(OC)(Oc1ccccc1OC)c1ccccc1. The minimum atomic E-state index is -1.70. The number of benzene rings is 2. The maximum Gasteiger partial charge on any atom is 0.330 e. The predicted molar refractivity (Wildman–Crippen MR) is 94.5 cm³/mol. The lowest BCUT2D eigenvalue weighted by molar-refractivity contribution is -0.210. The van der Waals surface area contributed by atoms with Crippen LogP contribution in [0.25, 0.3) is 0 Å². The van der Waals surface area contributed by atoms with Gasteiger partial charge in [0.05, 0.1) is 19.8 Å². The molecule has 0 amide bonds. The van der Waals surface area contributed by atoms with Crippen LogP contribution in [0.1, 0.15) is 12.5 Å². The quantitative estimate of drug-likeness (QED) is 0.534. The van der Waals surface area contributed by atoms with Gasteiger partial charge in [-0.3, -0.25) is 4.79 Å². The second-order valence-electron chi connectivity index (χ2n) is 5.30. The molecule has 6 heteroatoms. The fourth-order valence-electron chi connectivity index (χ4n) is 2.62. The highest BCUT2D eigenvalue weighted by Gasteiger charge is 2.50. The summed E-state index contributed by atoms with van der Waals surface area (Å²) in [6.07, 6.45) is 0. The molecule has 0 saturated heterocycles. The minimum absolute atomic E-state index is 0.139. The molecule has 0 aliphatic heterocycles. The number of hydrogen-bond acceptors (Lipinski definition) is 6. The number of hydrogen-bond donors (Lipinski definition) is 0. The van der Waals surface area contributed by atoms with Gasteiger partial charge in [-0.15, -0.1) is 0 Å². The van der Waals surface area contributed by atoms with Crippen molar-refractivity contribution in [2.45, 2.75) is 12.7 Å². The van der Waals surface area contributed by atoms with Crippen molar-refractivity contribution in [2.24, 2.45) is 5.92 Å². The topological polar surface area (TPSA) is 77.8 Å². The highest BCUT2D eigenvalue weighted by atomic mass is 16.7. The zero-order valence-corrected chi connectivity index (χ0v) is 15.0. The number of ether oxygens (including phenoxy) is 4. The first-order chi connectivity index (χ1) is 12.6. The van der Waals surface area contributed by atoms with Gasteiger partial charge in [0.1, 0.15) is 0 Å². The number of carbonyl (C=O) groups excluding carboxylic acids is 1. The first-order valence-electron chi connectivity index (χ1n) is 8.11. The molecule has 26 heavy (non-hydrogen) atoms. The number of para-hydroxylation sites is 2. The Balaban J connectivity index is 2.61. The van der Waals surface area contributed by atoms with Crippen molar-refractivity contribution in [1.29, 1.82) is 5.26 Å². The largest absolute Gasteiger partial charge is 0.493 e. The van der Waals surface area contributed by atoms with Crippen molar-refractivity contribution in [2.75, 3.05) is 20.8 Å². The van der Waals surface area contributed by atoms with Crippen LogP contribution < -0.4 is 9.47 Å². The normalized spacial score (nSPS) is 13.8. The number of nitriles is 1. The van der Waals surface area contributed by atoms with E-state index in [2.05, 4.69) is 0 Å². The summed E-state index contributed by atoms with van der Waals surface area (Å²) in [6.45, 7) is 1.81. The molecular formula is C20H21NO5.